The number of carbonyl (C=O) groups excluding carboxylic acids is 1. The van der Waals surface area contributed by atoms with Gasteiger partial charge >= 0.3 is 0 Å². The lowest BCUT2D eigenvalue weighted by atomic mass is 9.95. The van der Waals surface area contributed by atoms with Gasteiger partial charge in [0, 0.05) is 27.8 Å². The molecule has 1 aromatic heterocycles. The van der Waals surface area contributed by atoms with Crippen molar-refractivity contribution in [3.63, 3.8) is 0 Å². The van der Waals surface area contributed by atoms with Crippen molar-refractivity contribution in [3.05, 3.63) is 69.8 Å². The van der Waals surface area contributed by atoms with E-state index >= 15 is 0 Å². The number of halogens is 2. The molecule has 1 aliphatic carbocycles. The molecule has 7 heteroatoms. The Bertz CT molecular complexity index is 988. The van der Waals surface area contributed by atoms with Gasteiger partial charge in [-0.2, -0.15) is 4.98 Å². The van der Waals surface area contributed by atoms with Crippen molar-refractivity contribution in [1.82, 2.24) is 9.97 Å². The third-order valence-corrected chi connectivity index (χ3v) is 4.79. The van der Waals surface area contributed by atoms with Gasteiger partial charge in [0.15, 0.2) is 5.78 Å². The number of benzene rings is 2. The highest BCUT2D eigenvalue weighted by atomic mass is 35.5. The normalized spacial score (nSPS) is 13.2. The molecule has 1 heterocycles. The van der Waals surface area contributed by atoms with Gasteiger partial charge < -0.3 is 10.6 Å². The molecule has 0 atom stereocenters. The number of carbonyl (C=O) groups is 1. The van der Waals surface area contributed by atoms with E-state index in [9.17, 15) is 4.79 Å². The van der Waals surface area contributed by atoms with Crippen molar-refractivity contribution in [2.75, 3.05) is 10.6 Å². The molecule has 0 saturated heterocycles. The summed E-state index contributed by atoms with van der Waals surface area (Å²) in [6, 6.07) is 14.5. The first kappa shape index (κ1) is 17.8. The number of rotatable bonds is 4. The third kappa shape index (κ3) is 4.04. The summed E-state index contributed by atoms with van der Waals surface area (Å²) in [5, 5.41) is 7.71. The molecule has 0 bridgehead atoms. The predicted molar refractivity (Wildman–Crippen MR) is 109 cm³/mol. The number of aromatic nitrogens is 2. The van der Waals surface area contributed by atoms with Crippen LogP contribution in [0.5, 0.6) is 0 Å². The molecule has 0 radical (unpaired) electrons. The summed E-state index contributed by atoms with van der Waals surface area (Å²) in [4.78, 5) is 21.6. The average Bonchev–Trinajstić information content (AvgIpc) is 2.65. The minimum absolute atomic E-state index is 0.0609. The summed E-state index contributed by atoms with van der Waals surface area (Å²) >= 11 is 11.9. The predicted octanol–water partition coefficient (Wildman–Crippen LogP) is 5.79. The second kappa shape index (κ2) is 7.55. The van der Waals surface area contributed by atoms with Gasteiger partial charge in [-0.05, 0) is 61.4 Å². The summed E-state index contributed by atoms with van der Waals surface area (Å²) in [5.41, 5.74) is 2.95. The summed E-state index contributed by atoms with van der Waals surface area (Å²) in [7, 11) is 0. The first-order valence-electron chi connectivity index (χ1n) is 8.58. The van der Waals surface area contributed by atoms with E-state index in [1.54, 1.807) is 24.3 Å². The van der Waals surface area contributed by atoms with Crippen LogP contribution in [0.4, 0.5) is 23.1 Å². The van der Waals surface area contributed by atoms with Crippen molar-refractivity contribution in [1.29, 1.82) is 0 Å². The molecular weight excluding hydrogens is 383 g/mol. The Morgan fingerprint density at radius 3 is 2.00 bits per heavy atom. The van der Waals surface area contributed by atoms with Gasteiger partial charge in [0.05, 0.1) is 11.3 Å². The van der Waals surface area contributed by atoms with Gasteiger partial charge in [-0.1, -0.05) is 23.2 Å². The molecule has 2 N–H and O–H groups in total. The SMILES string of the molecule is O=C1CCCc2nc(Nc3ccc(Cl)cc3)nc(Nc3ccc(Cl)cc3)c21. The Balaban J connectivity index is 1.71. The molecule has 0 saturated carbocycles. The minimum Gasteiger partial charge on any atom is -0.339 e. The van der Waals surface area contributed by atoms with E-state index in [-0.39, 0.29) is 5.78 Å². The van der Waals surface area contributed by atoms with Crippen molar-refractivity contribution in [2.24, 2.45) is 0 Å². The van der Waals surface area contributed by atoms with Crippen LogP contribution >= 0.6 is 23.2 Å². The molecule has 136 valence electrons. The zero-order chi connectivity index (χ0) is 18.8. The number of ketones is 1. The molecule has 2 aromatic carbocycles. The van der Waals surface area contributed by atoms with Gasteiger partial charge in [0.25, 0.3) is 0 Å². The van der Waals surface area contributed by atoms with Gasteiger partial charge in [-0.25, -0.2) is 4.98 Å². The quantitative estimate of drug-likeness (QED) is 0.581. The molecule has 27 heavy (non-hydrogen) atoms. The molecule has 5 nitrogen and oxygen atoms in total. The van der Waals surface area contributed by atoms with Crippen LogP contribution in [0.15, 0.2) is 48.5 Å². The monoisotopic (exact) mass is 398 g/mol. The van der Waals surface area contributed by atoms with E-state index in [1.807, 2.05) is 24.3 Å². The van der Waals surface area contributed by atoms with Gasteiger partial charge in [0.1, 0.15) is 5.82 Å². The van der Waals surface area contributed by atoms with Crippen LogP contribution in [-0.4, -0.2) is 15.8 Å². The fraction of sp³-hybridized carbons (Fsp3) is 0.150. The Hall–Kier alpha value is -2.63. The molecule has 0 amide bonds. The summed E-state index contributed by atoms with van der Waals surface area (Å²) in [6.07, 6.45) is 2.05. The maximum atomic E-state index is 12.5. The van der Waals surface area contributed by atoms with E-state index in [2.05, 4.69) is 20.6 Å². The second-order valence-electron chi connectivity index (χ2n) is 6.26. The van der Waals surface area contributed by atoms with Crippen molar-refractivity contribution in [3.8, 4) is 0 Å². The van der Waals surface area contributed by atoms with Crippen LogP contribution < -0.4 is 10.6 Å². The smallest absolute Gasteiger partial charge is 0.229 e. The molecule has 0 unspecified atom stereocenters. The number of Topliss-reactive ketones (excluding diaryl/α,β-unsaturated/α-hetero) is 1. The number of hydrogen-bond acceptors (Lipinski definition) is 5. The van der Waals surface area contributed by atoms with E-state index < -0.39 is 0 Å². The topological polar surface area (TPSA) is 66.9 Å². The highest BCUT2D eigenvalue weighted by molar-refractivity contribution is 6.30. The fourth-order valence-electron chi connectivity index (χ4n) is 3.00. The zero-order valence-electron chi connectivity index (χ0n) is 14.3. The zero-order valence-corrected chi connectivity index (χ0v) is 15.8. The van der Waals surface area contributed by atoms with E-state index in [0.29, 0.717) is 33.8 Å². The number of nitrogens with zero attached hydrogens (tertiary/aromatic N) is 2. The molecule has 0 fully saturated rings. The highest BCUT2D eigenvalue weighted by Gasteiger charge is 2.24. The molecular formula is C20H16Cl2N4O. The first-order chi connectivity index (χ1) is 13.1. The van der Waals surface area contributed by atoms with Crippen LogP contribution in [0.3, 0.4) is 0 Å². The Morgan fingerprint density at radius 1 is 0.778 bits per heavy atom. The molecule has 0 aliphatic heterocycles. The first-order valence-corrected chi connectivity index (χ1v) is 9.33. The maximum Gasteiger partial charge on any atom is 0.229 e. The van der Waals surface area contributed by atoms with Gasteiger partial charge in [0.2, 0.25) is 5.95 Å². The van der Waals surface area contributed by atoms with Crippen LogP contribution in [0, 0.1) is 0 Å². The number of anilines is 4. The lowest BCUT2D eigenvalue weighted by Gasteiger charge is -2.19. The van der Waals surface area contributed by atoms with Gasteiger partial charge in [-0.15, -0.1) is 0 Å². The standard InChI is InChI=1S/C20H16Cl2N4O/c21-12-4-8-14(9-5-12)23-19-18-16(2-1-3-17(18)27)25-20(26-19)24-15-10-6-13(22)7-11-15/h4-11H,1-3H2,(H2,23,24,25,26). The summed E-state index contributed by atoms with van der Waals surface area (Å²) in [5.74, 6) is 0.997. The van der Waals surface area contributed by atoms with Crippen molar-refractivity contribution < 1.29 is 4.79 Å². The van der Waals surface area contributed by atoms with Gasteiger partial charge in [-0.3, -0.25) is 4.79 Å². The maximum absolute atomic E-state index is 12.5. The second-order valence-corrected chi connectivity index (χ2v) is 7.13. The fourth-order valence-corrected chi connectivity index (χ4v) is 3.25. The molecule has 4 rings (SSSR count). The average molecular weight is 399 g/mol. The molecule has 3 aromatic rings. The van der Waals surface area contributed by atoms with Crippen LogP contribution in [-0.2, 0) is 6.42 Å². The van der Waals surface area contributed by atoms with E-state index in [1.165, 1.54) is 0 Å². The van der Waals surface area contributed by atoms with Crippen molar-refractivity contribution >= 4 is 52.1 Å². The summed E-state index contributed by atoms with van der Waals surface area (Å²) in [6.45, 7) is 0. The van der Waals surface area contributed by atoms with Crippen LogP contribution in [0.2, 0.25) is 10.0 Å². The van der Waals surface area contributed by atoms with E-state index in [0.717, 1.165) is 29.9 Å². The largest absolute Gasteiger partial charge is 0.339 e. The Labute approximate surface area is 166 Å². The number of hydrogen-bond donors (Lipinski definition) is 2. The number of fused-ring (bicyclic) bond motifs is 1. The Kier molecular flexibility index (Phi) is 4.97. The van der Waals surface area contributed by atoms with Crippen molar-refractivity contribution in [2.45, 2.75) is 19.3 Å². The third-order valence-electron chi connectivity index (χ3n) is 4.29. The van der Waals surface area contributed by atoms with E-state index in [4.69, 9.17) is 23.2 Å². The highest BCUT2D eigenvalue weighted by Crippen LogP contribution is 2.30. The lowest BCUT2D eigenvalue weighted by molar-refractivity contribution is 0.0972. The number of aryl methyl sites for hydroxylation is 1. The Morgan fingerprint density at radius 2 is 1.37 bits per heavy atom. The lowest BCUT2D eigenvalue weighted by Crippen LogP contribution is -2.17. The summed E-state index contributed by atoms with van der Waals surface area (Å²) < 4.78 is 0. The minimum atomic E-state index is 0.0609. The van der Waals surface area contributed by atoms with Crippen LogP contribution in [0.25, 0.3) is 0 Å². The number of nitrogens with one attached hydrogen (secondary N) is 2. The molecule has 1 aliphatic rings. The van der Waals surface area contributed by atoms with Crippen LogP contribution in [0.1, 0.15) is 28.9 Å². The molecule has 0 spiro atoms.